The van der Waals surface area contributed by atoms with E-state index in [4.69, 9.17) is 5.26 Å². The van der Waals surface area contributed by atoms with Crippen molar-refractivity contribution >= 4 is 11.6 Å². The first-order chi connectivity index (χ1) is 8.79. The Bertz CT molecular complexity index is 520. The van der Waals surface area contributed by atoms with Crippen LogP contribution in [0.4, 0.5) is 18.9 Å². The molecule has 1 unspecified atom stereocenters. The molecule has 1 aromatic carbocycles. The highest BCUT2D eigenvalue weighted by Crippen LogP contribution is 2.33. The van der Waals surface area contributed by atoms with Crippen LogP contribution in [0.3, 0.4) is 0 Å². The highest BCUT2D eigenvalue weighted by atomic mass is 19.4. The fraction of sp³-hybridized carbons (Fsp3) is 0.333. The smallest absolute Gasteiger partial charge is 0.374 e. The molecule has 4 nitrogen and oxygen atoms in total. The molecule has 0 radical (unpaired) electrons. The molecule has 102 valence electrons. The Morgan fingerprint density at radius 3 is 2.53 bits per heavy atom. The number of anilines is 1. The Balaban J connectivity index is 3.07. The van der Waals surface area contributed by atoms with Gasteiger partial charge in [-0.3, -0.25) is 4.79 Å². The van der Waals surface area contributed by atoms with Crippen molar-refractivity contribution in [3.05, 3.63) is 29.3 Å². The molecular formula is C12H12F3N3O. The van der Waals surface area contributed by atoms with Crippen LogP contribution in [0.15, 0.2) is 18.2 Å². The van der Waals surface area contributed by atoms with E-state index in [0.29, 0.717) is 0 Å². The summed E-state index contributed by atoms with van der Waals surface area (Å²) in [6, 6.07) is 4.02. The number of carbonyl (C=O) groups is 1. The number of nitrogens with one attached hydrogen (secondary N) is 2. The topological polar surface area (TPSA) is 64.9 Å². The first-order valence-corrected chi connectivity index (χ1v) is 5.39. The van der Waals surface area contributed by atoms with E-state index in [1.807, 2.05) is 0 Å². The largest absolute Gasteiger partial charge is 0.417 e. The zero-order valence-corrected chi connectivity index (χ0v) is 10.3. The number of nitriles is 1. The van der Waals surface area contributed by atoms with Gasteiger partial charge in [0.1, 0.15) is 6.04 Å². The average molecular weight is 271 g/mol. The minimum atomic E-state index is -4.61. The standard InChI is InChI=1S/C12H12F3N3O/c1-7(11(19)17-2)18-9-4-3-8(6-16)10(5-9)12(13,14)15/h3-5,7,18H,1-2H3,(H,17,19). The molecular weight excluding hydrogens is 259 g/mol. The number of carbonyl (C=O) groups excluding carboxylic acids is 1. The summed E-state index contributed by atoms with van der Waals surface area (Å²) in [5, 5.41) is 13.7. The lowest BCUT2D eigenvalue weighted by Gasteiger charge is -2.16. The number of hydrogen-bond acceptors (Lipinski definition) is 3. The van der Waals surface area contributed by atoms with Crippen molar-refractivity contribution in [2.45, 2.75) is 19.1 Å². The van der Waals surface area contributed by atoms with Crippen molar-refractivity contribution in [3.63, 3.8) is 0 Å². The van der Waals surface area contributed by atoms with Gasteiger partial charge in [0.05, 0.1) is 17.2 Å². The molecule has 1 rings (SSSR count). The Hall–Kier alpha value is -2.23. The molecule has 1 aromatic rings. The number of likely N-dealkylation sites (N-methyl/N-ethyl adjacent to an activating group) is 1. The highest BCUT2D eigenvalue weighted by molar-refractivity contribution is 5.83. The number of nitrogens with zero attached hydrogens (tertiary/aromatic N) is 1. The molecule has 7 heteroatoms. The van der Waals surface area contributed by atoms with Crippen LogP contribution in [0.2, 0.25) is 0 Å². The maximum Gasteiger partial charge on any atom is 0.417 e. The fourth-order valence-electron chi connectivity index (χ4n) is 1.50. The maximum atomic E-state index is 12.7. The molecule has 0 aromatic heterocycles. The van der Waals surface area contributed by atoms with Gasteiger partial charge in [-0.2, -0.15) is 18.4 Å². The van der Waals surface area contributed by atoms with Crippen LogP contribution in [-0.4, -0.2) is 19.0 Å². The molecule has 0 saturated heterocycles. The quantitative estimate of drug-likeness (QED) is 0.885. The number of benzene rings is 1. The zero-order chi connectivity index (χ0) is 14.6. The van der Waals surface area contributed by atoms with Gasteiger partial charge >= 0.3 is 6.18 Å². The van der Waals surface area contributed by atoms with Gasteiger partial charge in [0.25, 0.3) is 0 Å². The van der Waals surface area contributed by atoms with E-state index in [9.17, 15) is 18.0 Å². The summed E-state index contributed by atoms with van der Waals surface area (Å²) in [5.41, 5.74) is -1.35. The number of halogens is 3. The van der Waals surface area contributed by atoms with Crippen LogP contribution in [0, 0.1) is 11.3 Å². The molecule has 0 aliphatic carbocycles. The SMILES string of the molecule is CNC(=O)C(C)Nc1ccc(C#N)c(C(F)(F)F)c1. The van der Waals surface area contributed by atoms with Gasteiger partial charge in [0.2, 0.25) is 5.91 Å². The second-order valence-corrected chi connectivity index (χ2v) is 3.85. The molecule has 1 atom stereocenters. The molecule has 0 aliphatic heterocycles. The van der Waals surface area contributed by atoms with Gasteiger partial charge in [0, 0.05) is 12.7 Å². The fourth-order valence-corrected chi connectivity index (χ4v) is 1.50. The second kappa shape index (κ2) is 5.61. The van der Waals surface area contributed by atoms with Crippen molar-refractivity contribution in [1.82, 2.24) is 5.32 Å². The monoisotopic (exact) mass is 271 g/mol. The van der Waals surface area contributed by atoms with Crippen LogP contribution in [0.25, 0.3) is 0 Å². The van der Waals surface area contributed by atoms with Crippen LogP contribution >= 0.6 is 0 Å². The van der Waals surface area contributed by atoms with E-state index < -0.39 is 23.3 Å². The van der Waals surface area contributed by atoms with E-state index >= 15 is 0 Å². The van der Waals surface area contributed by atoms with Crippen molar-refractivity contribution in [2.75, 3.05) is 12.4 Å². The van der Waals surface area contributed by atoms with Crippen molar-refractivity contribution in [2.24, 2.45) is 0 Å². The lowest BCUT2D eigenvalue weighted by Crippen LogP contribution is -2.35. The summed E-state index contributed by atoms with van der Waals surface area (Å²) in [7, 11) is 1.43. The molecule has 19 heavy (non-hydrogen) atoms. The summed E-state index contributed by atoms with van der Waals surface area (Å²) < 4.78 is 38.2. The number of amides is 1. The van der Waals surface area contributed by atoms with Crippen LogP contribution < -0.4 is 10.6 Å². The van der Waals surface area contributed by atoms with Gasteiger partial charge < -0.3 is 10.6 Å². The molecule has 0 spiro atoms. The first-order valence-electron chi connectivity index (χ1n) is 5.39. The third kappa shape index (κ3) is 3.61. The van der Waals surface area contributed by atoms with Crippen LogP contribution in [-0.2, 0) is 11.0 Å². The molecule has 0 heterocycles. The van der Waals surface area contributed by atoms with E-state index in [-0.39, 0.29) is 11.6 Å². The van der Waals surface area contributed by atoms with Gasteiger partial charge in [0.15, 0.2) is 0 Å². The Labute approximate surface area is 108 Å². The van der Waals surface area contributed by atoms with E-state index in [1.165, 1.54) is 26.1 Å². The number of rotatable bonds is 3. The van der Waals surface area contributed by atoms with Gasteiger partial charge in [-0.15, -0.1) is 0 Å². The molecule has 0 saturated carbocycles. The first kappa shape index (κ1) is 14.8. The lowest BCUT2D eigenvalue weighted by atomic mass is 10.1. The molecule has 0 bridgehead atoms. The summed E-state index contributed by atoms with van der Waals surface area (Å²) >= 11 is 0. The molecule has 2 N–H and O–H groups in total. The van der Waals surface area contributed by atoms with Gasteiger partial charge in [-0.1, -0.05) is 0 Å². The number of hydrogen-bond donors (Lipinski definition) is 2. The summed E-state index contributed by atoms with van der Waals surface area (Å²) in [6.07, 6.45) is -4.61. The van der Waals surface area contributed by atoms with E-state index in [2.05, 4.69) is 10.6 Å². The van der Waals surface area contributed by atoms with E-state index in [0.717, 1.165) is 12.1 Å². The Morgan fingerprint density at radius 2 is 2.05 bits per heavy atom. The summed E-state index contributed by atoms with van der Waals surface area (Å²) in [4.78, 5) is 11.3. The van der Waals surface area contributed by atoms with Crippen molar-refractivity contribution < 1.29 is 18.0 Å². The van der Waals surface area contributed by atoms with Crippen LogP contribution in [0.5, 0.6) is 0 Å². The average Bonchev–Trinajstić information content (AvgIpc) is 2.36. The Morgan fingerprint density at radius 1 is 1.42 bits per heavy atom. The minimum absolute atomic E-state index is 0.127. The molecule has 1 amide bonds. The van der Waals surface area contributed by atoms with Crippen LogP contribution in [0.1, 0.15) is 18.1 Å². The predicted octanol–water partition coefficient (Wildman–Crippen LogP) is 2.12. The summed E-state index contributed by atoms with van der Waals surface area (Å²) in [5.74, 6) is -0.349. The second-order valence-electron chi connectivity index (χ2n) is 3.85. The molecule has 0 aliphatic rings. The van der Waals surface area contributed by atoms with Crippen molar-refractivity contribution in [1.29, 1.82) is 5.26 Å². The maximum absolute atomic E-state index is 12.7. The van der Waals surface area contributed by atoms with Gasteiger partial charge in [-0.05, 0) is 25.1 Å². The third-order valence-corrected chi connectivity index (χ3v) is 2.47. The van der Waals surface area contributed by atoms with E-state index in [1.54, 1.807) is 0 Å². The number of alkyl halides is 3. The summed E-state index contributed by atoms with van der Waals surface area (Å²) in [6.45, 7) is 1.52. The van der Waals surface area contributed by atoms with Crippen molar-refractivity contribution in [3.8, 4) is 6.07 Å². The zero-order valence-electron chi connectivity index (χ0n) is 10.3. The molecule has 0 fully saturated rings. The normalized spacial score (nSPS) is 12.4. The highest BCUT2D eigenvalue weighted by Gasteiger charge is 2.34. The Kier molecular flexibility index (Phi) is 4.38. The predicted molar refractivity (Wildman–Crippen MR) is 63.3 cm³/mol. The lowest BCUT2D eigenvalue weighted by molar-refractivity contribution is -0.137. The third-order valence-electron chi connectivity index (χ3n) is 2.47. The van der Waals surface area contributed by atoms with Gasteiger partial charge in [-0.25, -0.2) is 0 Å². The minimum Gasteiger partial charge on any atom is -0.374 e.